The number of benzene rings is 1. The molecule has 1 aromatic carbocycles. The number of amides is 1. The summed E-state index contributed by atoms with van der Waals surface area (Å²) >= 11 is 1.79. The molecule has 0 saturated carbocycles. The molecular formula is C21H27N3O3S2. The number of likely N-dealkylation sites (tertiary alicyclic amines) is 1. The Morgan fingerprint density at radius 2 is 1.93 bits per heavy atom. The van der Waals surface area contributed by atoms with Crippen LogP contribution in [0.2, 0.25) is 0 Å². The lowest BCUT2D eigenvalue weighted by Gasteiger charge is -2.23. The largest absolute Gasteiger partial charge is 0.325 e. The van der Waals surface area contributed by atoms with E-state index in [1.807, 2.05) is 0 Å². The van der Waals surface area contributed by atoms with Crippen LogP contribution in [0.15, 0.2) is 41.3 Å². The molecule has 2 fully saturated rings. The molecule has 1 unspecified atom stereocenters. The van der Waals surface area contributed by atoms with Gasteiger partial charge in [0.05, 0.1) is 11.4 Å². The highest BCUT2D eigenvalue weighted by Gasteiger charge is 2.29. The molecule has 4 rings (SSSR count). The zero-order valence-electron chi connectivity index (χ0n) is 16.6. The molecule has 8 heteroatoms. The first-order chi connectivity index (χ1) is 13.9. The van der Waals surface area contributed by atoms with E-state index in [1.54, 1.807) is 35.6 Å². The molecule has 1 atom stereocenters. The summed E-state index contributed by atoms with van der Waals surface area (Å²) in [5, 5.41) is 2.89. The summed E-state index contributed by atoms with van der Waals surface area (Å²) in [5.41, 5.74) is 0.526. The molecule has 29 heavy (non-hydrogen) atoms. The van der Waals surface area contributed by atoms with Gasteiger partial charge in [-0.2, -0.15) is 4.31 Å². The first-order valence-electron chi connectivity index (χ1n) is 10.1. The number of rotatable bonds is 6. The Hall–Kier alpha value is -1.74. The predicted octanol–water partition coefficient (Wildman–Crippen LogP) is 3.62. The van der Waals surface area contributed by atoms with Gasteiger partial charge >= 0.3 is 0 Å². The van der Waals surface area contributed by atoms with Crippen LogP contribution in [0.5, 0.6) is 0 Å². The van der Waals surface area contributed by atoms with Gasteiger partial charge in [-0.1, -0.05) is 6.07 Å². The number of hydrogen-bond acceptors (Lipinski definition) is 5. The van der Waals surface area contributed by atoms with Crippen molar-refractivity contribution in [2.45, 2.75) is 43.5 Å². The normalized spacial score (nSPS) is 20.9. The van der Waals surface area contributed by atoms with E-state index >= 15 is 0 Å². The summed E-state index contributed by atoms with van der Waals surface area (Å²) in [4.78, 5) is 17.7. The molecule has 3 heterocycles. The van der Waals surface area contributed by atoms with Gasteiger partial charge in [-0.15, -0.1) is 11.3 Å². The van der Waals surface area contributed by atoms with Gasteiger partial charge in [0.15, 0.2) is 0 Å². The maximum atomic E-state index is 12.8. The Morgan fingerprint density at radius 1 is 1.14 bits per heavy atom. The molecule has 2 saturated heterocycles. The molecule has 2 aliphatic rings. The highest BCUT2D eigenvalue weighted by atomic mass is 32.2. The number of aryl methyl sites for hydroxylation is 1. The van der Waals surface area contributed by atoms with Crippen LogP contribution in [0.1, 0.15) is 41.5 Å². The summed E-state index contributed by atoms with van der Waals surface area (Å²) in [6, 6.07) is 11.2. The van der Waals surface area contributed by atoms with Gasteiger partial charge < -0.3 is 5.32 Å². The fraction of sp³-hybridized carbons (Fsp3) is 0.476. The van der Waals surface area contributed by atoms with Crippen molar-refractivity contribution in [2.75, 3.05) is 31.5 Å². The standard InChI is InChI=1S/C21H27N3O3S2/c1-16-9-10-20(28-16)19-8-5-11-23(19)15-21(25)22-17-6-4-7-18(14-17)29(26,27)24-12-2-3-13-24/h4,6-7,9-10,14,19H,2-3,5,8,11-13,15H2,1H3,(H,22,25). The number of anilines is 1. The van der Waals surface area contributed by atoms with Crippen molar-refractivity contribution in [2.24, 2.45) is 0 Å². The first kappa shape index (κ1) is 20.5. The second-order valence-corrected chi connectivity index (χ2v) is 11.0. The van der Waals surface area contributed by atoms with Gasteiger partial charge in [-0.25, -0.2) is 8.42 Å². The second kappa shape index (κ2) is 8.55. The van der Waals surface area contributed by atoms with Gasteiger partial charge in [-0.3, -0.25) is 9.69 Å². The van der Waals surface area contributed by atoms with Gasteiger partial charge in [0.1, 0.15) is 0 Å². The molecule has 1 aromatic heterocycles. The van der Waals surface area contributed by atoms with E-state index in [0.29, 0.717) is 31.4 Å². The number of sulfonamides is 1. The predicted molar refractivity (Wildman–Crippen MR) is 116 cm³/mol. The van der Waals surface area contributed by atoms with Crippen LogP contribution in [-0.2, 0) is 14.8 Å². The number of carbonyl (C=O) groups is 1. The minimum Gasteiger partial charge on any atom is -0.325 e. The fourth-order valence-corrected chi connectivity index (χ4v) is 6.78. The molecule has 0 aliphatic carbocycles. The molecular weight excluding hydrogens is 406 g/mol. The van der Waals surface area contributed by atoms with E-state index < -0.39 is 10.0 Å². The Kier molecular flexibility index (Phi) is 6.06. The van der Waals surface area contributed by atoms with Crippen molar-refractivity contribution in [1.82, 2.24) is 9.21 Å². The van der Waals surface area contributed by atoms with Crippen LogP contribution in [0.25, 0.3) is 0 Å². The van der Waals surface area contributed by atoms with Crippen molar-refractivity contribution in [3.8, 4) is 0 Å². The lowest BCUT2D eigenvalue weighted by Crippen LogP contribution is -2.32. The molecule has 1 N–H and O–H groups in total. The minimum atomic E-state index is -3.49. The van der Waals surface area contributed by atoms with E-state index in [2.05, 4.69) is 29.3 Å². The van der Waals surface area contributed by atoms with Crippen molar-refractivity contribution >= 4 is 33.0 Å². The Labute approximate surface area is 176 Å². The fourth-order valence-electron chi connectivity index (χ4n) is 4.17. The van der Waals surface area contributed by atoms with E-state index in [0.717, 1.165) is 32.2 Å². The van der Waals surface area contributed by atoms with Crippen molar-refractivity contribution in [3.63, 3.8) is 0 Å². The summed E-state index contributed by atoms with van der Waals surface area (Å²) in [6.45, 7) is 4.45. The van der Waals surface area contributed by atoms with E-state index in [1.165, 1.54) is 14.1 Å². The Bertz CT molecular complexity index is 981. The van der Waals surface area contributed by atoms with Gasteiger partial charge in [-0.05, 0) is 69.5 Å². The highest BCUT2D eigenvalue weighted by Crippen LogP contribution is 2.35. The van der Waals surface area contributed by atoms with Crippen molar-refractivity contribution < 1.29 is 13.2 Å². The number of thiophene rings is 1. The third-order valence-electron chi connectivity index (χ3n) is 5.62. The van der Waals surface area contributed by atoms with Crippen LogP contribution in [0.3, 0.4) is 0 Å². The maximum Gasteiger partial charge on any atom is 0.243 e. The number of hydrogen-bond donors (Lipinski definition) is 1. The third kappa shape index (κ3) is 4.55. The van der Waals surface area contributed by atoms with Gasteiger partial charge in [0, 0.05) is 34.6 Å². The lowest BCUT2D eigenvalue weighted by atomic mass is 10.2. The third-order valence-corrected chi connectivity index (χ3v) is 8.62. The molecule has 2 aromatic rings. The average Bonchev–Trinajstić information content (AvgIpc) is 3.43. The van der Waals surface area contributed by atoms with Crippen molar-refractivity contribution in [3.05, 3.63) is 46.2 Å². The second-order valence-electron chi connectivity index (χ2n) is 7.76. The lowest BCUT2D eigenvalue weighted by molar-refractivity contribution is -0.117. The van der Waals surface area contributed by atoms with Crippen molar-refractivity contribution in [1.29, 1.82) is 0 Å². The van der Waals surface area contributed by atoms with E-state index in [9.17, 15) is 13.2 Å². The molecule has 6 nitrogen and oxygen atoms in total. The van der Waals surface area contributed by atoms with Crippen LogP contribution in [-0.4, -0.2) is 49.7 Å². The maximum absolute atomic E-state index is 12.8. The number of nitrogens with one attached hydrogen (secondary N) is 1. The highest BCUT2D eigenvalue weighted by molar-refractivity contribution is 7.89. The van der Waals surface area contributed by atoms with Gasteiger partial charge in [0.25, 0.3) is 0 Å². The molecule has 2 aliphatic heterocycles. The topological polar surface area (TPSA) is 69.7 Å². The zero-order chi connectivity index (χ0) is 20.4. The summed E-state index contributed by atoms with van der Waals surface area (Å²) in [5.74, 6) is -0.110. The molecule has 0 bridgehead atoms. The Balaban J connectivity index is 1.42. The first-order valence-corrected chi connectivity index (χ1v) is 12.4. The average molecular weight is 434 g/mol. The molecule has 0 radical (unpaired) electrons. The molecule has 0 spiro atoms. The van der Waals surface area contributed by atoms with Crippen LogP contribution in [0.4, 0.5) is 5.69 Å². The quantitative estimate of drug-likeness (QED) is 0.755. The Morgan fingerprint density at radius 3 is 2.66 bits per heavy atom. The molecule has 1 amide bonds. The summed E-state index contributed by atoms with van der Waals surface area (Å²) < 4.78 is 27.0. The van der Waals surface area contributed by atoms with E-state index in [-0.39, 0.29) is 10.8 Å². The number of carbonyl (C=O) groups excluding carboxylic acids is 1. The SMILES string of the molecule is Cc1ccc(C2CCCN2CC(=O)Nc2cccc(S(=O)(=O)N3CCCC3)c2)s1. The molecule has 156 valence electrons. The summed E-state index contributed by atoms with van der Waals surface area (Å²) in [6.07, 6.45) is 3.95. The minimum absolute atomic E-state index is 0.110. The monoisotopic (exact) mass is 433 g/mol. The van der Waals surface area contributed by atoms with Crippen LogP contribution in [0, 0.1) is 6.92 Å². The van der Waals surface area contributed by atoms with Crippen LogP contribution >= 0.6 is 11.3 Å². The van der Waals surface area contributed by atoms with E-state index in [4.69, 9.17) is 0 Å². The number of nitrogens with zero attached hydrogens (tertiary/aromatic N) is 2. The summed E-state index contributed by atoms with van der Waals surface area (Å²) in [7, 11) is -3.49. The van der Waals surface area contributed by atoms with Crippen LogP contribution < -0.4 is 5.32 Å². The smallest absolute Gasteiger partial charge is 0.243 e. The van der Waals surface area contributed by atoms with Gasteiger partial charge in [0.2, 0.25) is 15.9 Å². The zero-order valence-corrected chi connectivity index (χ0v) is 18.3.